The van der Waals surface area contributed by atoms with Crippen LogP contribution in [0, 0.1) is 5.82 Å². The van der Waals surface area contributed by atoms with Crippen LogP contribution in [-0.2, 0) is 0 Å². The summed E-state index contributed by atoms with van der Waals surface area (Å²) in [5, 5.41) is -0.138. The summed E-state index contributed by atoms with van der Waals surface area (Å²) >= 11 is 14.2. The van der Waals surface area contributed by atoms with Gasteiger partial charge in [0.1, 0.15) is 5.52 Å². The zero-order chi connectivity index (χ0) is 9.59. The third-order valence-electron chi connectivity index (χ3n) is 1.49. The van der Waals surface area contributed by atoms with Gasteiger partial charge in [-0.15, -0.1) is 0 Å². The summed E-state index contributed by atoms with van der Waals surface area (Å²) in [5.74, 6) is -0.629. The smallest absolute Gasteiger partial charge is 0.293 e. The van der Waals surface area contributed by atoms with E-state index in [-0.39, 0.29) is 21.5 Å². The molecule has 0 unspecified atom stereocenters. The Morgan fingerprint density at radius 2 is 2.15 bits per heavy atom. The minimum atomic E-state index is -0.629. The molecule has 13 heavy (non-hydrogen) atoms. The van der Waals surface area contributed by atoms with E-state index >= 15 is 0 Å². The van der Waals surface area contributed by atoms with Crippen LogP contribution >= 0.6 is 39.1 Å². The average Bonchev–Trinajstić information content (AvgIpc) is 2.44. The van der Waals surface area contributed by atoms with Gasteiger partial charge in [0.15, 0.2) is 11.4 Å². The maximum atomic E-state index is 13.3. The van der Waals surface area contributed by atoms with Crippen LogP contribution in [0.5, 0.6) is 0 Å². The van der Waals surface area contributed by atoms with E-state index in [1.165, 1.54) is 6.07 Å². The van der Waals surface area contributed by atoms with Crippen molar-refractivity contribution in [1.82, 2.24) is 4.98 Å². The summed E-state index contributed by atoms with van der Waals surface area (Å²) in [6.07, 6.45) is 0. The van der Waals surface area contributed by atoms with Gasteiger partial charge in [0.25, 0.3) is 5.35 Å². The van der Waals surface area contributed by atoms with Gasteiger partial charge in [0.2, 0.25) is 0 Å². The van der Waals surface area contributed by atoms with E-state index in [2.05, 4.69) is 20.9 Å². The summed E-state index contributed by atoms with van der Waals surface area (Å²) in [5.41, 5.74) is 0.288. The average molecular weight is 285 g/mol. The first-order chi connectivity index (χ1) is 6.09. The summed E-state index contributed by atoms with van der Waals surface area (Å²) in [6, 6.07) is 1.39. The first-order valence-corrected chi connectivity index (χ1v) is 4.74. The van der Waals surface area contributed by atoms with Crippen LogP contribution in [0.3, 0.4) is 0 Å². The molecule has 0 aliphatic heterocycles. The van der Waals surface area contributed by atoms with Crippen molar-refractivity contribution < 1.29 is 8.81 Å². The normalized spacial score (nSPS) is 11.1. The first-order valence-electron chi connectivity index (χ1n) is 3.19. The third-order valence-corrected chi connectivity index (χ3v) is 2.51. The van der Waals surface area contributed by atoms with Crippen molar-refractivity contribution in [3.8, 4) is 0 Å². The van der Waals surface area contributed by atoms with E-state index < -0.39 is 5.82 Å². The Balaban J connectivity index is 2.95. The Morgan fingerprint density at radius 1 is 1.46 bits per heavy atom. The summed E-state index contributed by atoms with van der Waals surface area (Å²) in [7, 11) is 0. The topological polar surface area (TPSA) is 26.0 Å². The highest BCUT2D eigenvalue weighted by atomic mass is 79.9. The highest BCUT2D eigenvalue weighted by Crippen LogP contribution is 2.32. The number of hydrogen-bond donors (Lipinski definition) is 0. The fraction of sp³-hybridized carbons (Fsp3) is 0. The Morgan fingerprint density at radius 3 is 2.85 bits per heavy atom. The molecule has 0 amide bonds. The lowest BCUT2D eigenvalue weighted by molar-refractivity contribution is 0.601. The molecule has 1 aromatic carbocycles. The molecule has 0 spiro atoms. The second kappa shape index (κ2) is 3.12. The maximum Gasteiger partial charge on any atom is 0.293 e. The van der Waals surface area contributed by atoms with E-state index in [4.69, 9.17) is 27.6 Å². The Labute approximate surface area is 90.8 Å². The van der Waals surface area contributed by atoms with Crippen molar-refractivity contribution in [3.05, 3.63) is 26.7 Å². The molecule has 0 aliphatic carbocycles. The van der Waals surface area contributed by atoms with Gasteiger partial charge < -0.3 is 4.42 Å². The fourth-order valence-electron chi connectivity index (χ4n) is 0.958. The van der Waals surface area contributed by atoms with Crippen LogP contribution in [0.15, 0.2) is 15.0 Å². The fourth-order valence-corrected chi connectivity index (χ4v) is 1.95. The van der Waals surface area contributed by atoms with E-state index in [0.717, 1.165) is 0 Å². The minimum Gasteiger partial charge on any atom is -0.426 e. The monoisotopic (exact) mass is 283 g/mol. The predicted octanol–water partition coefficient (Wildman–Crippen LogP) is 4.04. The number of hydrogen-bond acceptors (Lipinski definition) is 2. The first kappa shape index (κ1) is 9.24. The molecule has 0 N–H and O–H groups in total. The number of halogens is 4. The van der Waals surface area contributed by atoms with Gasteiger partial charge in [-0.25, -0.2) is 4.39 Å². The minimum absolute atomic E-state index is 0.0238. The molecule has 2 rings (SSSR count). The lowest BCUT2D eigenvalue weighted by Gasteiger charge is -1.95. The zero-order valence-electron chi connectivity index (χ0n) is 5.94. The molecule has 1 heterocycles. The van der Waals surface area contributed by atoms with Crippen molar-refractivity contribution >= 4 is 50.2 Å². The SMILES string of the molecule is Fc1c(Cl)cc(Br)c2oc(Cl)nc12. The van der Waals surface area contributed by atoms with E-state index in [1.54, 1.807) is 0 Å². The second-order valence-electron chi connectivity index (χ2n) is 2.30. The molecule has 6 heteroatoms. The molecule has 0 bridgehead atoms. The van der Waals surface area contributed by atoms with Crippen molar-refractivity contribution in [1.29, 1.82) is 0 Å². The lowest BCUT2D eigenvalue weighted by Crippen LogP contribution is -1.80. The van der Waals surface area contributed by atoms with Crippen LogP contribution < -0.4 is 0 Å². The molecule has 1 aromatic heterocycles. The number of fused-ring (bicyclic) bond motifs is 1. The molecule has 0 fully saturated rings. The van der Waals surface area contributed by atoms with Gasteiger partial charge in [-0.3, -0.25) is 0 Å². The van der Waals surface area contributed by atoms with Crippen molar-refractivity contribution in [3.63, 3.8) is 0 Å². The number of nitrogens with zero attached hydrogens (tertiary/aromatic N) is 1. The van der Waals surface area contributed by atoms with E-state index in [0.29, 0.717) is 4.47 Å². The molecular weight excluding hydrogens is 284 g/mol. The molecule has 0 saturated heterocycles. The van der Waals surface area contributed by atoms with Crippen LogP contribution in [0.25, 0.3) is 11.1 Å². The largest absolute Gasteiger partial charge is 0.426 e. The van der Waals surface area contributed by atoms with Gasteiger partial charge in [0.05, 0.1) is 9.50 Å². The molecule has 68 valence electrons. The second-order valence-corrected chi connectivity index (χ2v) is 3.88. The van der Waals surface area contributed by atoms with Gasteiger partial charge in [0, 0.05) is 0 Å². The molecule has 0 atom stereocenters. The van der Waals surface area contributed by atoms with E-state index in [9.17, 15) is 4.39 Å². The van der Waals surface area contributed by atoms with Crippen molar-refractivity contribution in [2.75, 3.05) is 0 Å². The van der Waals surface area contributed by atoms with Crippen LogP contribution in [0.4, 0.5) is 4.39 Å². The van der Waals surface area contributed by atoms with Gasteiger partial charge in [-0.2, -0.15) is 4.98 Å². The van der Waals surface area contributed by atoms with Crippen LogP contribution in [-0.4, -0.2) is 4.98 Å². The highest BCUT2D eigenvalue weighted by molar-refractivity contribution is 9.10. The standard InChI is InChI=1S/C7HBrCl2FNO/c8-2-1-3(9)4(11)5-6(2)13-7(10)12-5/h1H. The Hall–Kier alpha value is -0.320. The van der Waals surface area contributed by atoms with Crippen molar-refractivity contribution in [2.45, 2.75) is 0 Å². The quantitative estimate of drug-likeness (QED) is 0.683. The molecule has 0 radical (unpaired) electrons. The Kier molecular flexibility index (Phi) is 2.21. The number of aromatic nitrogens is 1. The number of benzene rings is 1. The number of oxazole rings is 1. The predicted molar refractivity (Wildman–Crippen MR) is 51.7 cm³/mol. The van der Waals surface area contributed by atoms with Crippen LogP contribution in [0.1, 0.15) is 0 Å². The van der Waals surface area contributed by atoms with Gasteiger partial charge in [-0.1, -0.05) is 11.6 Å². The van der Waals surface area contributed by atoms with Crippen molar-refractivity contribution in [2.24, 2.45) is 0 Å². The maximum absolute atomic E-state index is 13.3. The summed E-state index contributed by atoms with van der Waals surface area (Å²) < 4.78 is 18.7. The van der Waals surface area contributed by atoms with E-state index in [1.807, 2.05) is 0 Å². The molecule has 0 aliphatic rings. The lowest BCUT2D eigenvalue weighted by atomic mass is 10.3. The van der Waals surface area contributed by atoms with Gasteiger partial charge in [-0.05, 0) is 33.6 Å². The molecular formula is C7HBrCl2FNO. The molecule has 0 saturated carbocycles. The summed E-state index contributed by atoms with van der Waals surface area (Å²) in [6.45, 7) is 0. The highest BCUT2D eigenvalue weighted by Gasteiger charge is 2.15. The third kappa shape index (κ3) is 1.43. The zero-order valence-corrected chi connectivity index (χ0v) is 9.04. The number of rotatable bonds is 0. The van der Waals surface area contributed by atoms with Crippen LogP contribution in [0.2, 0.25) is 10.4 Å². The summed E-state index contributed by atoms with van der Waals surface area (Å²) in [4.78, 5) is 3.64. The molecule has 2 nitrogen and oxygen atoms in total. The molecule has 2 aromatic rings. The Bertz CT molecular complexity index is 485. The van der Waals surface area contributed by atoms with Gasteiger partial charge >= 0.3 is 0 Å².